The van der Waals surface area contributed by atoms with Gasteiger partial charge in [-0.25, -0.2) is 4.79 Å². The predicted molar refractivity (Wildman–Crippen MR) is 118 cm³/mol. The summed E-state index contributed by atoms with van der Waals surface area (Å²) in [5.74, 6) is -1.03. The van der Waals surface area contributed by atoms with Crippen molar-refractivity contribution in [2.24, 2.45) is 0 Å². The highest BCUT2D eigenvalue weighted by atomic mass is 32.1. The Morgan fingerprint density at radius 2 is 2.09 bits per heavy atom. The van der Waals surface area contributed by atoms with Gasteiger partial charge in [0.2, 0.25) is 5.91 Å². The molecule has 2 aromatic rings. The van der Waals surface area contributed by atoms with Gasteiger partial charge in [0.05, 0.1) is 23.3 Å². The number of halogens is 2. The van der Waals surface area contributed by atoms with Crippen molar-refractivity contribution >= 4 is 35.4 Å². The Hall–Kier alpha value is -3.05. The van der Waals surface area contributed by atoms with Crippen LogP contribution in [0.25, 0.3) is 12.2 Å². The van der Waals surface area contributed by atoms with Gasteiger partial charge in [-0.05, 0) is 43.5 Å². The van der Waals surface area contributed by atoms with Gasteiger partial charge in [-0.15, -0.1) is 11.3 Å². The average Bonchev–Trinajstić information content (AvgIpc) is 3.38. The monoisotopic (exact) mass is 482 g/mol. The fourth-order valence-corrected chi connectivity index (χ4v) is 4.24. The number of nitrogens with zero attached hydrogens (tertiary/aromatic N) is 1. The van der Waals surface area contributed by atoms with E-state index >= 15 is 0 Å². The van der Waals surface area contributed by atoms with Crippen LogP contribution in [0.1, 0.15) is 25.3 Å². The first-order valence-electron chi connectivity index (χ1n) is 10.4. The van der Waals surface area contributed by atoms with E-state index in [-0.39, 0.29) is 40.1 Å². The zero-order chi connectivity index (χ0) is 23.8. The number of nitrogens with one attached hydrogen (secondary N) is 1. The molecule has 1 aromatic heterocycles. The van der Waals surface area contributed by atoms with Crippen LogP contribution >= 0.6 is 11.3 Å². The Morgan fingerprint density at radius 1 is 1.33 bits per heavy atom. The highest BCUT2D eigenvalue weighted by Crippen LogP contribution is 2.15. The average molecular weight is 483 g/mol. The number of thiazole rings is 1. The first kappa shape index (κ1) is 24.6. The molecule has 0 aliphatic carbocycles. The molecule has 11 heteroatoms. The standard InChI is InChI=1S/C22H24F2N2O6S/c1-2-30-20(28)11-19-26(13-18(27)25-12-16-4-3-9-31-16)21(29)17(33-19)10-14-5-7-15(8-6-14)32-22(23)24/h5-8,10-11,16,22H,2-4,9,12-13H2,1H3,(H,25,27)/b17-10+,19-11-. The SMILES string of the molecule is CCOC(=O)/C=c1\s/c(=C/c2ccc(OC(F)F)cc2)c(=O)n1CC(=O)NCC1CCCO1. The molecule has 1 fully saturated rings. The highest BCUT2D eigenvalue weighted by Gasteiger charge is 2.17. The van der Waals surface area contributed by atoms with Crippen molar-refractivity contribution in [2.75, 3.05) is 19.8 Å². The van der Waals surface area contributed by atoms with E-state index in [0.717, 1.165) is 24.2 Å². The number of hydrogen-bond acceptors (Lipinski definition) is 7. The van der Waals surface area contributed by atoms with Gasteiger partial charge in [-0.1, -0.05) is 12.1 Å². The molecule has 1 atom stereocenters. The molecule has 3 rings (SSSR count). The van der Waals surface area contributed by atoms with Crippen molar-refractivity contribution in [2.45, 2.75) is 39.0 Å². The van der Waals surface area contributed by atoms with Crippen LogP contribution in [0.15, 0.2) is 29.1 Å². The van der Waals surface area contributed by atoms with Crippen molar-refractivity contribution < 1.29 is 32.6 Å². The zero-order valence-corrected chi connectivity index (χ0v) is 18.7. The summed E-state index contributed by atoms with van der Waals surface area (Å²) >= 11 is 1.02. The first-order chi connectivity index (χ1) is 15.9. The second kappa shape index (κ2) is 11.7. The van der Waals surface area contributed by atoms with Gasteiger partial charge in [0.25, 0.3) is 5.56 Å². The van der Waals surface area contributed by atoms with Gasteiger partial charge >= 0.3 is 12.6 Å². The molecular formula is C22H24F2N2O6S. The smallest absolute Gasteiger partial charge is 0.387 e. The number of esters is 1. The molecule has 1 N–H and O–H groups in total. The summed E-state index contributed by atoms with van der Waals surface area (Å²) in [6, 6.07) is 5.75. The predicted octanol–water partition coefficient (Wildman–Crippen LogP) is 0.979. The number of aromatic nitrogens is 1. The third kappa shape index (κ3) is 7.22. The van der Waals surface area contributed by atoms with Crippen LogP contribution in [0.5, 0.6) is 5.75 Å². The first-order valence-corrected chi connectivity index (χ1v) is 11.2. The number of rotatable bonds is 9. The van der Waals surface area contributed by atoms with Crippen LogP contribution in [0.2, 0.25) is 0 Å². The lowest BCUT2D eigenvalue weighted by atomic mass is 10.2. The van der Waals surface area contributed by atoms with Crippen LogP contribution < -0.4 is 24.8 Å². The molecule has 0 spiro atoms. The molecule has 1 aliphatic rings. The van der Waals surface area contributed by atoms with E-state index in [9.17, 15) is 23.2 Å². The van der Waals surface area contributed by atoms with Crippen molar-refractivity contribution in [1.82, 2.24) is 9.88 Å². The number of amides is 1. The van der Waals surface area contributed by atoms with Crippen molar-refractivity contribution in [3.63, 3.8) is 0 Å². The Balaban J connectivity index is 1.87. The molecule has 178 valence electrons. The molecule has 1 saturated heterocycles. The molecule has 8 nitrogen and oxygen atoms in total. The molecule has 0 bridgehead atoms. The number of carbonyl (C=O) groups excluding carboxylic acids is 2. The molecule has 33 heavy (non-hydrogen) atoms. The van der Waals surface area contributed by atoms with E-state index in [4.69, 9.17) is 9.47 Å². The Labute approximate surface area is 192 Å². The number of benzene rings is 1. The van der Waals surface area contributed by atoms with E-state index in [1.165, 1.54) is 34.9 Å². The summed E-state index contributed by atoms with van der Waals surface area (Å²) in [6.07, 6.45) is 4.47. The molecule has 1 unspecified atom stereocenters. The van der Waals surface area contributed by atoms with E-state index < -0.39 is 18.1 Å². The van der Waals surface area contributed by atoms with Gasteiger partial charge < -0.3 is 19.5 Å². The summed E-state index contributed by atoms with van der Waals surface area (Å²) in [5, 5.41) is 2.75. The topological polar surface area (TPSA) is 95.9 Å². The van der Waals surface area contributed by atoms with Crippen LogP contribution in [-0.2, 0) is 25.6 Å². The highest BCUT2D eigenvalue weighted by molar-refractivity contribution is 7.07. The van der Waals surface area contributed by atoms with E-state index in [2.05, 4.69) is 10.1 Å². The second-order valence-corrected chi connectivity index (χ2v) is 8.19. The largest absolute Gasteiger partial charge is 0.463 e. The van der Waals surface area contributed by atoms with Gasteiger partial charge in [-0.3, -0.25) is 14.2 Å². The quantitative estimate of drug-likeness (QED) is 0.536. The zero-order valence-electron chi connectivity index (χ0n) is 17.9. The van der Waals surface area contributed by atoms with Crippen molar-refractivity contribution in [1.29, 1.82) is 0 Å². The third-order valence-corrected chi connectivity index (χ3v) is 5.78. The fraction of sp³-hybridized carbons (Fsp3) is 0.409. The van der Waals surface area contributed by atoms with Gasteiger partial charge in [0, 0.05) is 13.2 Å². The molecule has 1 aromatic carbocycles. The Kier molecular flexibility index (Phi) is 8.72. The summed E-state index contributed by atoms with van der Waals surface area (Å²) in [6.45, 7) is -0.372. The summed E-state index contributed by atoms with van der Waals surface area (Å²) in [5.41, 5.74) is 0.100. The molecule has 2 heterocycles. The summed E-state index contributed by atoms with van der Waals surface area (Å²) in [7, 11) is 0. The van der Waals surface area contributed by atoms with Crippen molar-refractivity contribution in [3.8, 4) is 5.75 Å². The van der Waals surface area contributed by atoms with E-state index in [1.807, 2.05) is 0 Å². The van der Waals surface area contributed by atoms with Crippen LogP contribution in [0.3, 0.4) is 0 Å². The minimum atomic E-state index is -2.93. The lowest BCUT2D eigenvalue weighted by Crippen LogP contribution is -2.40. The van der Waals surface area contributed by atoms with Crippen LogP contribution in [0, 0.1) is 0 Å². The second-order valence-electron chi connectivity index (χ2n) is 7.12. The number of alkyl halides is 2. The van der Waals surface area contributed by atoms with Gasteiger partial charge in [0.15, 0.2) is 0 Å². The number of carbonyl (C=O) groups is 2. The molecule has 0 radical (unpaired) electrons. The third-order valence-electron chi connectivity index (χ3n) is 4.72. The molecule has 0 saturated carbocycles. The maximum atomic E-state index is 13.0. The lowest BCUT2D eigenvalue weighted by molar-refractivity contribution is -0.135. The lowest BCUT2D eigenvalue weighted by Gasteiger charge is -2.10. The minimum absolute atomic E-state index is 0.00927. The van der Waals surface area contributed by atoms with E-state index in [0.29, 0.717) is 18.7 Å². The van der Waals surface area contributed by atoms with Crippen LogP contribution in [0.4, 0.5) is 8.78 Å². The van der Waals surface area contributed by atoms with Crippen molar-refractivity contribution in [3.05, 3.63) is 49.4 Å². The van der Waals surface area contributed by atoms with E-state index in [1.54, 1.807) is 13.0 Å². The van der Waals surface area contributed by atoms with Gasteiger partial charge in [0.1, 0.15) is 17.0 Å². The maximum absolute atomic E-state index is 13.0. The maximum Gasteiger partial charge on any atom is 0.387 e. The minimum Gasteiger partial charge on any atom is -0.463 e. The molecule has 1 amide bonds. The Bertz CT molecular complexity index is 1140. The number of ether oxygens (including phenoxy) is 3. The van der Waals surface area contributed by atoms with Crippen LogP contribution in [-0.4, -0.2) is 48.9 Å². The Morgan fingerprint density at radius 3 is 2.73 bits per heavy atom. The normalized spacial score (nSPS) is 16.9. The molecule has 1 aliphatic heterocycles. The fourth-order valence-electron chi connectivity index (χ4n) is 3.21. The number of hydrogen-bond donors (Lipinski definition) is 1. The molecular weight excluding hydrogens is 458 g/mol. The summed E-state index contributed by atoms with van der Waals surface area (Å²) < 4.78 is 41.1. The summed E-state index contributed by atoms with van der Waals surface area (Å²) in [4.78, 5) is 37.4. The van der Waals surface area contributed by atoms with Gasteiger partial charge in [-0.2, -0.15) is 8.78 Å².